The third kappa shape index (κ3) is 3.88. The second-order valence-electron chi connectivity index (χ2n) is 3.85. The first-order valence-electron chi connectivity index (χ1n) is 5.72. The van der Waals surface area contributed by atoms with Gasteiger partial charge in [-0.2, -0.15) is 0 Å². The molecule has 0 aliphatic heterocycles. The number of hydrogen-bond acceptors (Lipinski definition) is 3. The molecule has 1 rings (SSSR count). The summed E-state index contributed by atoms with van der Waals surface area (Å²) >= 11 is 0. The smallest absolute Gasteiger partial charge is 0.401 e. The Balaban J connectivity index is 2.77. The van der Waals surface area contributed by atoms with Gasteiger partial charge < -0.3 is 14.4 Å². The number of carbonyl (C=O) groups excluding carboxylic acids is 1. The van der Waals surface area contributed by atoms with Crippen LogP contribution in [0.1, 0.15) is 12.5 Å². The molecule has 0 saturated carbocycles. The minimum absolute atomic E-state index is 0.245. The molecular weight excluding hydrogens is 250 g/mol. The number of carboxylic acids is 1. The van der Waals surface area contributed by atoms with E-state index in [4.69, 9.17) is 4.74 Å². The lowest BCUT2D eigenvalue weighted by atomic mass is 10.1. The van der Waals surface area contributed by atoms with Crippen molar-refractivity contribution in [2.45, 2.75) is 19.4 Å². The van der Waals surface area contributed by atoms with Crippen molar-refractivity contribution in [2.75, 3.05) is 6.61 Å². The number of amides is 1. The number of hydrogen-bond donors (Lipinski definition) is 1. The summed E-state index contributed by atoms with van der Waals surface area (Å²) in [5.41, 5.74) is 0.884. The van der Waals surface area contributed by atoms with Gasteiger partial charge in [-0.1, -0.05) is 30.3 Å². The molecule has 0 aliphatic carbocycles. The molecule has 1 aromatic rings. The van der Waals surface area contributed by atoms with Gasteiger partial charge in [-0.25, -0.2) is 4.79 Å². The summed E-state index contributed by atoms with van der Waals surface area (Å²) in [7, 11) is 0.307. The number of nitrogens with zero attached hydrogens (tertiary/aromatic N) is 1. The minimum atomic E-state index is -1.01. The van der Waals surface area contributed by atoms with Gasteiger partial charge >= 0.3 is 12.1 Å². The van der Waals surface area contributed by atoms with E-state index in [-0.39, 0.29) is 6.61 Å². The number of carboxylic acid groups (broad SMARTS) is 1. The van der Waals surface area contributed by atoms with Crippen LogP contribution in [0, 0.1) is 0 Å². The number of aliphatic carboxylic acids is 1. The van der Waals surface area contributed by atoms with Crippen molar-refractivity contribution in [3.05, 3.63) is 35.9 Å². The number of ether oxygens (including phenoxy) is 1. The Morgan fingerprint density at radius 2 is 2.00 bits per heavy atom. The molecule has 0 bridgehead atoms. The summed E-state index contributed by atoms with van der Waals surface area (Å²) < 4.78 is 6.08. The van der Waals surface area contributed by atoms with E-state index in [9.17, 15) is 14.7 Å². The van der Waals surface area contributed by atoms with Crippen LogP contribution in [0.3, 0.4) is 0 Å². The van der Waals surface area contributed by atoms with Crippen LogP contribution in [0.15, 0.2) is 30.3 Å². The van der Waals surface area contributed by atoms with Gasteiger partial charge in [0.2, 0.25) is 0 Å². The van der Waals surface area contributed by atoms with Gasteiger partial charge in [0.05, 0.1) is 6.61 Å². The van der Waals surface area contributed by atoms with Gasteiger partial charge in [0.1, 0.15) is 16.4 Å². The first-order valence-corrected chi connectivity index (χ1v) is 6.62. The lowest BCUT2D eigenvalue weighted by molar-refractivity contribution is -0.141. The molecule has 0 radical (unpaired) electrons. The molecule has 0 heterocycles. The summed E-state index contributed by atoms with van der Waals surface area (Å²) in [5, 5.41) is 9.19. The molecule has 0 fully saturated rings. The zero-order chi connectivity index (χ0) is 13.5. The van der Waals surface area contributed by atoms with Gasteiger partial charge in [-0.3, -0.25) is 4.79 Å². The van der Waals surface area contributed by atoms with Crippen molar-refractivity contribution in [3.8, 4) is 0 Å². The van der Waals surface area contributed by atoms with Crippen LogP contribution in [-0.2, 0) is 16.0 Å². The summed E-state index contributed by atoms with van der Waals surface area (Å²) in [6, 6.07) is 8.38. The molecular formula is C12H17NO4Si. The van der Waals surface area contributed by atoms with Gasteiger partial charge in [-0.15, -0.1) is 0 Å². The van der Waals surface area contributed by atoms with Crippen LogP contribution in [0.4, 0.5) is 4.79 Å². The molecule has 18 heavy (non-hydrogen) atoms. The molecule has 1 atom stereocenters. The molecule has 5 nitrogen and oxygen atoms in total. The van der Waals surface area contributed by atoms with E-state index in [0.29, 0.717) is 16.8 Å². The quantitative estimate of drug-likeness (QED) is 0.785. The van der Waals surface area contributed by atoms with E-state index in [1.54, 1.807) is 6.92 Å². The van der Waals surface area contributed by atoms with Gasteiger partial charge in [-0.05, 0) is 12.5 Å². The fraction of sp³-hybridized carbons (Fsp3) is 0.333. The third-order valence-electron chi connectivity index (χ3n) is 2.58. The Kier molecular flexibility index (Phi) is 5.38. The van der Waals surface area contributed by atoms with Crippen LogP contribution < -0.4 is 0 Å². The molecule has 1 N–H and O–H groups in total. The molecule has 0 spiro atoms. The van der Waals surface area contributed by atoms with Crippen molar-refractivity contribution in [3.63, 3.8) is 0 Å². The summed E-state index contributed by atoms with van der Waals surface area (Å²) in [4.78, 5) is 22.8. The van der Waals surface area contributed by atoms with Gasteiger partial charge in [0, 0.05) is 6.42 Å². The highest BCUT2D eigenvalue weighted by Crippen LogP contribution is 2.09. The molecule has 0 saturated heterocycles. The zero-order valence-electron chi connectivity index (χ0n) is 10.5. The third-order valence-corrected chi connectivity index (χ3v) is 3.57. The van der Waals surface area contributed by atoms with E-state index in [1.165, 1.54) is 4.57 Å². The SMILES string of the molecule is CCOC(=O)N([SiH3])C(Cc1ccccc1)C(=O)O. The lowest BCUT2D eigenvalue weighted by Gasteiger charge is -2.24. The van der Waals surface area contributed by atoms with Crippen molar-refractivity contribution in [2.24, 2.45) is 0 Å². The van der Waals surface area contributed by atoms with Crippen LogP contribution in [-0.4, -0.2) is 44.8 Å². The van der Waals surface area contributed by atoms with Crippen LogP contribution in [0.5, 0.6) is 0 Å². The number of benzene rings is 1. The zero-order valence-corrected chi connectivity index (χ0v) is 12.5. The Labute approximate surface area is 109 Å². The Morgan fingerprint density at radius 3 is 2.50 bits per heavy atom. The highest BCUT2D eigenvalue weighted by molar-refractivity contribution is 6.14. The lowest BCUT2D eigenvalue weighted by Crippen LogP contribution is -2.45. The molecule has 98 valence electrons. The van der Waals surface area contributed by atoms with E-state index < -0.39 is 18.1 Å². The number of carbonyl (C=O) groups is 2. The molecule has 1 aromatic carbocycles. The van der Waals surface area contributed by atoms with E-state index in [1.807, 2.05) is 30.3 Å². The average molecular weight is 267 g/mol. The normalized spacial score (nSPS) is 11.8. The van der Waals surface area contributed by atoms with Crippen molar-refractivity contribution < 1.29 is 19.4 Å². The van der Waals surface area contributed by atoms with Crippen molar-refractivity contribution in [1.82, 2.24) is 4.57 Å². The first kappa shape index (κ1) is 14.2. The summed E-state index contributed by atoms with van der Waals surface area (Å²) in [5.74, 6) is -1.01. The van der Waals surface area contributed by atoms with E-state index in [2.05, 4.69) is 0 Å². The van der Waals surface area contributed by atoms with Crippen LogP contribution in [0.2, 0.25) is 0 Å². The minimum Gasteiger partial charge on any atom is -0.480 e. The maximum absolute atomic E-state index is 11.6. The van der Waals surface area contributed by atoms with Gasteiger partial charge in [0.25, 0.3) is 0 Å². The van der Waals surface area contributed by atoms with Crippen LogP contribution in [0.25, 0.3) is 0 Å². The standard InChI is InChI=1S/C12H17NO4Si/c1-2-17-12(16)13(18)10(11(14)15)8-9-6-4-3-5-7-9/h3-7,10H,2,8H2,1,18H3,(H,14,15). The molecule has 1 unspecified atom stereocenters. The molecule has 0 aliphatic rings. The number of rotatable bonds is 5. The predicted octanol–water partition coefficient (Wildman–Crippen LogP) is 0.421. The fourth-order valence-corrected chi connectivity index (χ4v) is 2.11. The van der Waals surface area contributed by atoms with E-state index >= 15 is 0 Å². The highest BCUT2D eigenvalue weighted by Gasteiger charge is 2.26. The monoisotopic (exact) mass is 267 g/mol. The second kappa shape index (κ2) is 6.80. The highest BCUT2D eigenvalue weighted by atomic mass is 28.2. The first-order chi connectivity index (χ1) is 8.56. The van der Waals surface area contributed by atoms with Gasteiger partial charge in [0.15, 0.2) is 0 Å². The molecule has 0 aromatic heterocycles. The Bertz CT molecular complexity index is 410. The maximum Gasteiger partial charge on any atom is 0.401 e. The van der Waals surface area contributed by atoms with Crippen molar-refractivity contribution >= 4 is 22.5 Å². The Morgan fingerprint density at radius 1 is 1.39 bits per heavy atom. The van der Waals surface area contributed by atoms with E-state index in [0.717, 1.165) is 5.56 Å². The van der Waals surface area contributed by atoms with Crippen molar-refractivity contribution in [1.29, 1.82) is 0 Å². The second-order valence-corrected chi connectivity index (χ2v) is 4.82. The molecule has 6 heteroatoms. The average Bonchev–Trinajstić information content (AvgIpc) is 2.36. The maximum atomic E-state index is 11.6. The molecule has 1 amide bonds. The Hall–Kier alpha value is -1.82. The fourth-order valence-electron chi connectivity index (χ4n) is 1.58. The topological polar surface area (TPSA) is 66.8 Å². The summed E-state index contributed by atoms with van der Waals surface area (Å²) in [6.45, 7) is 1.94. The van der Waals surface area contributed by atoms with Crippen LogP contribution >= 0.6 is 0 Å². The predicted molar refractivity (Wildman–Crippen MR) is 70.4 cm³/mol. The summed E-state index contributed by atoms with van der Waals surface area (Å²) in [6.07, 6.45) is -0.272. The largest absolute Gasteiger partial charge is 0.480 e.